The number of carboxylic acid groups (broad SMARTS) is 1. The molecule has 2 atom stereocenters. The van der Waals surface area contributed by atoms with E-state index in [9.17, 15) is 9.59 Å². The number of ether oxygens (including phenoxy) is 2. The van der Waals surface area contributed by atoms with Gasteiger partial charge in [-0.25, -0.2) is 0 Å². The average Bonchev–Trinajstić information content (AvgIpc) is 2.82. The van der Waals surface area contributed by atoms with E-state index < -0.39 is 12.0 Å². The highest BCUT2D eigenvalue weighted by atomic mass is 16.5. The number of hydrogen-bond acceptors (Lipinski definition) is 4. The minimum absolute atomic E-state index is 0.142. The molecule has 0 saturated heterocycles. The highest BCUT2D eigenvalue weighted by molar-refractivity contribution is 5.83. The number of carbonyl (C=O) groups excluding carboxylic acids is 1. The maximum Gasteiger partial charge on any atom is 0.325 e. The minimum Gasteiger partial charge on any atom is -0.489 e. The van der Waals surface area contributed by atoms with Gasteiger partial charge in [0.1, 0.15) is 30.8 Å². The molecule has 172 valence electrons. The Morgan fingerprint density at radius 1 is 0.848 bits per heavy atom. The summed E-state index contributed by atoms with van der Waals surface area (Å²) in [5, 5.41) is 11.5. The van der Waals surface area contributed by atoms with Gasteiger partial charge in [-0.05, 0) is 35.6 Å². The molecule has 0 saturated carbocycles. The van der Waals surface area contributed by atoms with E-state index >= 15 is 0 Å². The first-order valence-electron chi connectivity index (χ1n) is 10.9. The number of carboxylic acids is 1. The fourth-order valence-electron chi connectivity index (χ4n) is 3.36. The fourth-order valence-corrected chi connectivity index (χ4v) is 3.36. The van der Waals surface area contributed by atoms with Crippen molar-refractivity contribution >= 4 is 11.9 Å². The molecule has 3 rings (SSSR count). The number of aliphatic carboxylic acids is 1. The first-order chi connectivity index (χ1) is 15.9. The molecule has 0 aliphatic rings. The van der Waals surface area contributed by atoms with Crippen molar-refractivity contribution in [1.29, 1.82) is 0 Å². The first kappa shape index (κ1) is 23.9. The van der Waals surface area contributed by atoms with Gasteiger partial charge in [0.15, 0.2) is 0 Å². The standard InChI is InChI=1S/C27H29NO5/c1-19(15-26(29)28-20(2)27(30)31)24-14-13-23(32-17-21-9-5-3-6-10-21)16-25(24)33-18-22-11-7-4-8-12-22/h3-14,16,19-20H,15,17-18H2,1-2H3,(H,28,29)(H,30,31). The zero-order valence-corrected chi connectivity index (χ0v) is 18.9. The van der Waals surface area contributed by atoms with Crippen molar-refractivity contribution in [2.24, 2.45) is 0 Å². The van der Waals surface area contributed by atoms with Gasteiger partial charge in [0, 0.05) is 12.5 Å². The molecule has 1 amide bonds. The molecule has 6 nitrogen and oxygen atoms in total. The van der Waals surface area contributed by atoms with Gasteiger partial charge in [-0.2, -0.15) is 0 Å². The van der Waals surface area contributed by atoms with E-state index in [4.69, 9.17) is 14.6 Å². The lowest BCUT2D eigenvalue weighted by Gasteiger charge is -2.19. The summed E-state index contributed by atoms with van der Waals surface area (Å²) >= 11 is 0. The number of nitrogens with one attached hydrogen (secondary N) is 1. The van der Waals surface area contributed by atoms with Crippen LogP contribution in [0.1, 0.15) is 42.9 Å². The summed E-state index contributed by atoms with van der Waals surface area (Å²) in [6, 6.07) is 24.4. The predicted molar refractivity (Wildman–Crippen MR) is 126 cm³/mol. The molecular weight excluding hydrogens is 418 g/mol. The molecule has 0 aromatic heterocycles. The normalized spacial score (nSPS) is 12.4. The number of rotatable bonds is 11. The smallest absolute Gasteiger partial charge is 0.325 e. The van der Waals surface area contributed by atoms with Gasteiger partial charge in [0.25, 0.3) is 0 Å². The van der Waals surface area contributed by atoms with Crippen LogP contribution >= 0.6 is 0 Å². The zero-order chi connectivity index (χ0) is 23.6. The second-order valence-corrected chi connectivity index (χ2v) is 7.98. The number of benzene rings is 3. The summed E-state index contributed by atoms with van der Waals surface area (Å²) < 4.78 is 12.1. The molecule has 33 heavy (non-hydrogen) atoms. The van der Waals surface area contributed by atoms with Crippen molar-refractivity contribution in [2.45, 2.75) is 45.4 Å². The van der Waals surface area contributed by atoms with E-state index in [1.807, 2.05) is 85.8 Å². The van der Waals surface area contributed by atoms with Gasteiger partial charge in [-0.1, -0.05) is 73.7 Å². The molecule has 3 aromatic carbocycles. The van der Waals surface area contributed by atoms with Crippen molar-refractivity contribution in [1.82, 2.24) is 5.32 Å². The van der Waals surface area contributed by atoms with E-state index in [2.05, 4.69) is 5.32 Å². The largest absolute Gasteiger partial charge is 0.489 e. The molecule has 3 aromatic rings. The predicted octanol–water partition coefficient (Wildman–Crippen LogP) is 4.93. The van der Waals surface area contributed by atoms with Crippen LogP contribution in [0.25, 0.3) is 0 Å². The molecule has 0 radical (unpaired) electrons. The average molecular weight is 448 g/mol. The molecule has 0 spiro atoms. The van der Waals surface area contributed by atoms with Crippen molar-refractivity contribution in [3.05, 3.63) is 95.6 Å². The molecule has 0 aliphatic carbocycles. The third-order valence-corrected chi connectivity index (χ3v) is 5.24. The van der Waals surface area contributed by atoms with E-state index in [-0.39, 0.29) is 18.2 Å². The van der Waals surface area contributed by atoms with Crippen LogP contribution in [0.15, 0.2) is 78.9 Å². The van der Waals surface area contributed by atoms with Crippen molar-refractivity contribution < 1.29 is 24.2 Å². The van der Waals surface area contributed by atoms with E-state index in [0.717, 1.165) is 16.7 Å². The summed E-state index contributed by atoms with van der Waals surface area (Å²) in [5.41, 5.74) is 2.95. The molecule has 0 aliphatic heterocycles. The summed E-state index contributed by atoms with van der Waals surface area (Å²) in [7, 11) is 0. The van der Waals surface area contributed by atoms with Gasteiger partial charge in [-0.15, -0.1) is 0 Å². The Labute approximate surface area is 194 Å². The summed E-state index contributed by atoms with van der Waals surface area (Å²) in [4.78, 5) is 23.3. The Balaban J connectivity index is 1.75. The van der Waals surface area contributed by atoms with Crippen LogP contribution in [-0.4, -0.2) is 23.0 Å². The van der Waals surface area contributed by atoms with E-state index in [1.54, 1.807) is 0 Å². The topological polar surface area (TPSA) is 84.9 Å². The minimum atomic E-state index is -1.07. The van der Waals surface area contributed by atoms with Crippen LogP contribution < -0.4 is 14.8 Å². The van der Waals surface area contributed by atoms with Crippen LogP contribution in [-0.2, 0) is 22.8 Å². The second-order valence-electron chi connectivity index (χ2n) is 7.98. The van der Waals surface area contributed by atoms with E-state index in [0.29, 0.717) is 24.7 Å². The molecule has 0 heterocycles. The summed E-state index contributed by atoms with van der Waals surface area (Å²) in [5.74, 6) is -0.267. The fraction of sp³-hybridized carbons (Fsp3) is 0.259. The third kappa shape index (κ3) is 7.38. The van der Waals surface area contributed by atoms with Crippen molar-refractivity contribution in [3.63, 3.8) is 0 Å². The van der Waals surface area contributed by atoms with Crippen LogP contribution in [0.4, 0.5) is 0 Å². The van der Waals surface area contributed by atoms with Crippen molar-refractivity contribution in [2.75, 3.05) is 0 Å². The molecule has 0 fully saturated rings. The summed E-state index contributed by atoms with van der Waals surface area (Å²) in [6.07, 6.45) is 0.142. The molecular formula is C27H29NO5. The van der Waals surface area contributed by atoms with Crippen molar-refractivity contribution in [3.8, 4) is 11.5 Å². The Morgan fingerprint density at radius 3 is 2.00 bits per heavy atom. The molecule has 2 unspecified atom stereocenters. The Morgan fingerprint density at radius 2 is 1.42 bits per heavy atom. The third-order valence-electron chi connectivity index (χ3n) is 5.24. The van der Waals surface area contributed by atoms with Gasteiger partial charge >= 0.3 is 5.97 Å². The van der Waals surface area contributed by atoms with Crippen LogP contribution in [0.5, 0.6) is 11.5 Å². The zero-order valence-electron chi connectivity index (χ0n) is 18.9. The van der Waals surface area contributed by atoms with Crippen LogP contribution in [0.3, 0.4) is 0 Å². The van der Waals surface area contributed by atoms with Gasteiger partial charge in [0.2, 0.25) is 5.91 Å². The Hall–Kier alpha value is -3.80. The SMILES string of the molecule is CC(NC(=O)CC(C)c1ccc(OCc2ccccc2)cc1OCc1ccccc1)C(=O)O. The first-order valence-corrected chi connectivity index (χ1v) is 10.9. The molecule has 0 bridgehead atoms. The number of carbonyl (C=O) groups is 2. The Bertz CT molecular complexity index is 1050. The van der Waals surface area contributed by atoms with Gasteiger partial charge < -0.3 is 19.9 Å². The van der Waals surface area contributed by atoms with E-state index in [1.165, 1.54) is 6.92 Å². The second kappa shape index (κ2) is 11.7. The maximum absolute atomic E-state index is 12.3. The quantitative estimate of drug-likeness (QED) is 0.435. The monoisotopic (exact) mass is 447 g/mol. The van der Waals surface area contributed by atoms with Gasteiger partial charge in [0.05, 0.1) is 0 Å². The maximum atomic E-state index is 12.3. The highest BCUT2D eigenvalue weighted by Crippen LogP contribution is 2.33. The lowest BCUT2D eigenvalue weighted by molar-refractivity contribution is -0.141. The van der Waals surface area contributed by atoms with Gasteiger partial charge in [-0.3, -0.25) is 9.59 Å². The lowest BCUT2D eigenvalue weighted by Crippen LogP contribution is -2.38. The molecule has 2 N–H and O–H groups in total. The summed E-state index contributed by atoms with van der Waals surface area (Å²) in [6.45, 7) is 4.17. The molecule has 6 heteroatoms. The van der Waals surface area contributed by atoms with Crippen LogP contribution in [0, 0.1) is 0 Å². The number of hydrogen-bond donors (Lipinski definition) is 2. The number of amides is 1. The van der Waals surface area contributed by atoms with Crippen LogP contribution in [0.2, 0.25) is 0 Å². The Kier molecular flexibility index (Phi) is 8.47. The highest BCUT2D eigenvalue weighted by Gasteiger charge is 2.20. The lowest BCUT2D eigenvalue weighted by atomic mass is 9.96.